The molecule has 0 radical (unpaired) electrons. The molecule has 0 saturated carbocycles. The van der Waals surface area contributed by atoms with Gasteiger partial charge in [-0.1, -0.05) is 13.8 Å². The summed E-state index contributed by atoms with van der Waals surface area (Å²) in [6, 6.07) is 1.12. The molecule has 0 atom stereocenters. The van der Waals surface area contributed by atoms with Crippen LogP contribution >= 0.6 is 0 Å². The summed E-state index contributed by atoms with van der Waals surface area (Å²) in [4.78, 5) is 18.7. The smallest absolute Gasteiger partial charge is 0.223 e. The lowest BCUT2D eigenvalue weighted by molar-refractivity contribution is -0.130. The van der Waals surface area contributed by atoms with Crippen molar-refractivity contribution in [1.29, 1.82) is 0 Å². The van der Waals surface area contributed by atoms with E-state index in [1.54, 1.807) is 0 Å². The van der Waals surface area contributed by atoms with Crippen LogP contribution in [0.3, 0.4) is 0 Å². The molecule has 1 fully saturated rings. The highest BCUT2D eigenvalue weighted by Crippen LogP contribution is 2.13. The fraction of sp³-hybridized carbons (Fsp3) is 0.938. The van der Waals surface area contributed by atoms with Crippen molar-refractivity contribution in [3.8, 4) is 0 Å². The highest BCUT2D eigenvalue weighted by molar-refractivity contribution is 5.76. The van der Waals surface area contributed by atoms with E-state index in [2.05, 4.69) is 43.1 Å². The Kier molecular flexibility index (Phi) is 8.22. The van der Waals surface area contributed by atoms with E-state index in [1.807, 2.05) is 11.9 Å². The van der Waals surface area contributed by atoms with Gasteiger partial charge in [0.1, 0.15) is 0 Å². The first-order valence-corrected chi connectivity index (χ1v) is 8.26. The molecule has 1 amide bonds. The minimum Gasteiger partial charge on any atom is -0.344 e. The van der Waals surface area contributed by atoms with Crippen LogP contribution in [0.25, 0.3) is 0 Å². The molecular formula is C16H34N4O. The first-order chi connectivity index (χ1) is 9.90. The second-order valence-corrected chi connectivity index (χ2v) is 6.69. The maximum absolute atomic E-state index is 12.0. The summed E-state index contributed by atoms with van der Waals surface area (Å²) in [5.41, 5.74) is 0. The highest BCUT2D eigenvalue weighted by atomic mass is 16.2. The lowest BCUT2D eigenvalue weighted by Crippen LogP contribution is -2.45. The number of nitrogens with zero attached hydrogens (tertiary/aromatic N) is 3. The second-order valence-electron chi connectivity index (χ2n) is 6.69. The number of piperidine rings is 1. The number of hydrogen-bond donors (Lipinski definition) is 1. The van der Waals surface area contributed by atoms with Crippen LogP contribution in [0, 0.1) is 0 Å². The van der Waals surface area contributed by atoms with Gasteiger partial charge in [-0.15, -0.1) is 0 Å². The maximum atomic E-state index is 12.0. The lowest BCUT2D eigenvalue weighted by atomic mass is 10.0. The van der Waals surface area contributed by atoms with E-state index in [0.717, 1.165) is 19.6 Å². The van der Waals surface area contributed by atoms with E-state index >= 15 is 0 Å². The number of carbonyl (C=O) groups excluding carboxylic acids is 1. The zero-order valence-electron chi connectivity index (χ0n) is 14.6. The Bertz CT molecular complexity index is 301. The summed E-state index contributed by atoms with van der Waals surface area (Å²) in [5, 5.41) is 3.29. The van der Waals surface area contributed by atoms with Gasteiger partial charge in [-0.05, 0) is 40.0 Å². The molecule has 0 bridgehead atoms. The van der Waals surface area contributed by atoms with Gasteiger partial charge in [-0.2, -0.15) is 0 Å². The molecule has 1 aliphatic heterocycles. The van der Waals surface area contributed by atoms with Crippen molar-refractivity contribution in [1.82, 2.24) is 20.0 Å². The van der Waals surface area contributed by atoms with Gasteiger partial charge in [-0.3, -0.25) is 4.79 Å². The number of likely N-dealkylation sites (tertiary alicyclic amines) is 1. The van der Waals surface area contributed by atoms with Gasteiger partial charge in [0, 0.05) is 45.2 Å². The fourth-order valence-corrected chi connectivity index (χ4v) is 2.71. The summed E-state index contributed by atoms with van der Waals surface area (Å²) in [6.07, 6.45) is 3.07. The summed E-state index contributed by atoms with van der Waals surface area (Å²) >= 11 is 0. The van der Waals surface area contributed by atoms with Gasteiger partial charge in [0.2, 0.25) is 5.91 Å². The van der Waals surface area contributed by atoms with Gasteiger partial charge in [0.25, 0.3) is 0 Å². The number of likely N-dealkylation sites (N-methyl/N-ethyl adjacent to an activating group) is 2. The van der Waals surface area contributed by atoms with Crippen LogP contribution in [0.5, 0.6) is 0 Å². The molecule has 0 aromatic carbocycles. The van der Waals surface area contributed by atoms with Crippen LogP contribution in [-0.2, 0) is 4.79 Å². The molecule has 1 aliphatic rings. The molecule has 0 aromatic heterocycles. The Hall–Kier alpha value is -0.650. The number of nitrogens with one attached hydrogen (secondary N) is 1. The van der Waals surface area contributed by atoms with Gasteiger partial charge in [0.05, 0.1) is 0 Å². The van der Waals surface area contributed by atoms with Crippen molar-refractivity contribution in [2.75, 3.05) is 53.9 Å². The minimum absolute atomic E-state index is 0.236. The van der Waals surface area contributed by atoms with Gasteiger partial charge >= 0.3 is 0 Å². The van der Waals surface area contributed by atoms with Crippen molar-refractivity contribution in [3.63, 3.8) is 0 Å². The standard InChI is InChI=1S/C16H34N4O/c1-14(2)17-9-6-16(21)20(5)13-12-19(4)15-7-10-18(3)11-8-15/h14-15,17H,6-13H2,1-5H3. The van der Waals surface area contributed by atoms with Crippen molar-refractivity contribution in [2.24, 2.45) is 0 Å². The third-order valence-electron chi connectivity index (χ3n) is 4.42. The highest BCUT2D eigenvalue weighted by Gasteiger charge is 2.20. The molecule has 1 saturated heterocycles. The van der Waals surface area contributed by atoms with E-state index in [1.165, 1.54) is 25.9 Å². The molecule has 0 aliphatic carbocycles. The summed E-state index contributed by atoms with van der Waals surface area (Å²) in [7, 11) is 6.29. The third-order valence-corrected chi connectivity index (χ3v) is 4.42. The first kappa shape index (κ1) is 18.4. The van der Waals surface area contributed by atoms with Crippen LogP contribution in [0.2, 0.25) is 0 Å². The van der Waals surface area contributed by atoms with Crippen LogP contribution < -0.4 is 5.32 Å². The first-order valence-electron chi connectivity index (χ1n) is 8.26. The normalized spacial score (nSPS) is 17.7. The molecule has 1 N–H and O–H groups in total. The average molecular weight is 298 g/mol. The van der Waals surface area contributed by atoms with Crippen LogP contribution in [0.15, 0.2) is 0 Å². The number of rotatable bonds is 8. The Morgan fingerprint density at radius 2 is 1.86 bits per heavy atom. The monoisotopic (exact) mass is 298 g/mol. The van der Waals surface area contributed by atoms with Gasteiger partial charge in [0.15, 0.2) is 0 Å². The van der Waals surface area contributed by atoms with E-state index in [0.29, 0.717) is 18.5 Å². The quantitative estimate of drug-likeness (QED) is 0.721. The molecule has 1 heterocycles. The van der Waals surface area contributed by atoms with E-state index < -0.39 is 0 Å². The molecule has 1 rings (SSSR count). The summed E-state index contributed by atoms with van der Waals surface area (Å²) < 4.78 is 0. The Morgan fingerprint density at radius 1 is 1.24 bits per heavy atom. The number of hydrogen-bond acceptors (Lipinski definition) is 4. The molecule has 0 aromatic rings. The average Bonchev–Trinajstić information content (AvgIpc) is 2.44. The Morgan fingerprint density at radius 3 is 2.43 bits per heavy atom. The molecular weight excluding hydrogens is 264 g/mol. The number of amides is 1. The van der Waals surface area contributed by atoms with E-state index in [-0.39, 0.29) is 5.91 Å². The van der Waals surface area contributed by atoms with Gasteiger partial charge in [-0.25, -0.2) is 0 Å². The third kappa shape index (κ3) is 7.25. The predicted molar refractivity (Wildman–Crippen MR) is 88.5 cm³/mol. The predicted octanol–water partition coefficient (Wildman–Crippen LogP) is 0.859. The molecule has 5 nitrogen and oxygen atoms in total. The van der Waals surface area contributed by atoms with E-state index in [4.69, 9.17) is 0 Å². The molecule has 0 spiro atoms. The Balaban J connectivity index is 2.19. The summed E-state index contributed by atoms with van der Waals surface area (Å²) in [6.45, 7) is 9.13. The maximum Gasteiger partial charge on any atom is 0.223 e. The number of carbonyl (C=O) groups is 1. The molecule has 0 unspecified atom stereocenters. The zero-order chi connectivity index (χ0) is 15.8. The van der Waals surface area contributed by atoms with Crippen molar-refractivity contribution in [2.45, 2.75) is 45.2 Å². The minimum atomic E-state index is 0.236. The summed E-state index contributed by atoms with van der Waals surface area (Å²) in [5.74, 6) is 0.236. The van der Waals surface area contributed by atoms with Crippen LogP contribution in [0.1, 0.15) is 33.1 Å². The zero-order valence-corrected chi connectivity index (χ0v) is 14.6. The molecule has 124 valence electrons. The van der Waals surface area contributed by atoms with Crippen molar-refractivity contribution >= 4 is 5.91 Å². The Labute approximate surface area is 130 Å². The van der Waals surface area contributed by atoms with Crippen LogP contribution in [0.4, 0.5) is 0 Å². The largest absolute Gasteiger partial charge is 0.344 e. The fourth-order valence-electron chi connectivity index (χ4n) is 2.71. The van der Waals surface area contributed by atoms with Crippen molar-refractivity contribution < 1.29 is 4.79 Å². The topological polar surface area (TPSA) is 38.8 Å². The SMILES string of the molecule is CC(C)NCCC(=O)N(C)CCN(C)C1CCN(C)CC1. The molecule has 5 heteroatoms. The lowest BCUT2D eigenvalue weighted by Gasteiger charge is -2.35. The van der Waals surface area contributed by atoms with Gasteiger partial charge < -0.3 is 20.0 Å². The molecule has 21 heavy (non-hydrogen) atoms. The van der Waals surface area contributed by atoms with Crippen molar-refractivity contribution in [3.05, 3.63) is 0 Å². The van der Waals surface area contributed by atoms with Crippen LogP contribution in [-0.4, -0.2) is 86.6 Å². The second kappa shape index (κ2) is 9.38. The van der Waals surface area contributed by atoms with E-state index in [9.17, 15) is 4.79 Å².